The zero-order valence-electron chi connectivity index (χ0n) is 10.6. The molecule has 0 radical (unpaired) electrons. The first-order chi connectivity index (χ1) is 8.65. The van der Waals surface area contributed by atoms with Crippen LogP contribution >= 0.6 is 0 Å². The highest BCUT2D eigenvalue weighted by Crippen LogP contribution is 2.19. The molecule has 0 aromatic carbocycles. The SMILES string of the molecule is C[C@@H]1CCC/C=C\[C@@H]2C=C[C@@H](O)[C@@H](CC(=O)O1)O2. The summed E-state index contributed by atoms with van der Waals surface area (Å²) in [6.07, 6.45) is 9.00. The molecule has 0 fully saturated rings. The normalized spacial score (nSPS) is 39.3. The molecule has 0 spiro atoms. The summed E-state index contributed by atoms with van der Waals surface area (Å²) in [6.45, 7) is 1.90. The van der Waals surface area contributed by atoms with Gasteiger partial charge in [-0.05, 0) is 26.2 Å². The lowest BCUT2D eigenvalue weighted by atomic mass is 10.0. The Bertz CT molecular complexity index is 348. The third-order valence-corrected chi connectivity index (χ3v) is 3.22. The third-order valence-electron chi connectivity index (χ3n) is 3.22. The molecule has 100 valence electrons. The van der Waals surface area contributed by atoms with Crippen molar-refractivity contribution in [1.29, 1.82) is 0 Å². The van der Waals surface area contributed by atoms with E-state index in [-0.39, 0.29) is 24.6 Å². The van der Waals surface area contributed by atoms with Gasteiger partial charge in [-0.3, -0.25) is 4.79 Å². The van der Waals surface area contributed by atoms with Crippen molar-refractivity contribution in [2.45, 2.75) is 57.0 Å². The van der Waals surface area contributed by atoms with Crippen LogP contribution in [0.2, 0.25) is 0 Å². The second-order valence-corrected chi connectivity index (χ2v) is 4.88. The summed E-state index contributed by atoms with van der Waals surface area (Å²) in [5, 5.41) is 9.77. The highest BCUT2D eigenvalue weighted by Gasteiger charge is 2.28. The zero-order valence-corrected chi connectivity index (χ0v) is 10.6. The molecule has 4 heteroatoms. The van der Waals surface area contributed by atoms with Crippen LogP contribution < -0.4 is 0 Å². The predicted molar refractivity (Wildman–Crippen MR) is 67.0 cm³/mol. The molecular weight excluding hydrogens is 232 g/mol. The number of hydrogen-bond acceptors (Lipinski definition) is 4. The van der Waals surface area contributed by atoms with Gasteiger partial charge in [0.1, 0.15) is 0 Å². The first-order valence-corrected chi connectivity index (χ1v) is 6.53. The molecule has 0 aromatic rings. The second-order valence-electron chi connectivity index (χ2n) is 4.88. The number of esters is 1. The van der Waals surface area contributed by atoms with E-state index in [1.54, 1.807) is 6.08 Å². The Hall–Kier alpha value is -1.13. The van der Waals surface area contributed by atoms with Gasteiger partial charge in [0, 0.05) is 0 Å². The van der Waals surface area contributed by atoms with E-state index in [2.05, 4.69) is 6.08 Å². The zero-order chi connectivity index (χ0) is 13.0. The van der Waals surface area contributed by atoms with Gasteiger partial charge in [-0.1, -0.05) is 24.3 Å². The Kier molecular flexibility index (Phi) is 4.55. The maximum atomic E-state index is 11.7. The van der Waals surface area contributed by atoms with E-state index in [1.165, 1.54) is 0 Å². The van der Waals surface area contributed by atoms with Gasteiger partial charge < -0.3 is 14.6 Å². The monoisotopic (exact) mass is 252 g/mol. The number of carbonyl (C=O) groups is 1. The molecule has 4 nitrogen and oxygen atoms in total. The molecule has 18 heavy (non-hydrogen) atoms. The Balaban J connectivity index is 2.08. The van der Waals surface area contributed by atoms with Gasteiger partial charge in [0.15, 0.2) is 0 Å². The quantitative estimate of drug-likeness (QED) is 0.527. The van der Waals surface area contributed by atoms with Gasteiger partial charge >= 0.3 is 5.97 Å². The number of rotatable bonds is 0. The van der Waals surface area contributed by atoms with Gasteiger partial charge in [-0.25, -0.2) is 0 Å². The molecule has 2 heterocycles. The van der Waals surface area contributed by atoms with E-state index < -0.39 is 12.2 Å². The standard InChI is InChI=1S/C14H20O4/c1-10-5-3-2-4-6-11-7-8-12(15)13(18-11)9-14(16)17-10/h4,6-8,10-13,15H,2-3,5,9H2,1H3/b6-4-/t10-,11-,12-,13-/m1/s1. The van der Waals surface area contributed by atoms with Crippen LogP contribution in [0, 0.1) is 0 Å². The summed E-state index contributed by atoms with van der Waals surface area (Å²) >= 11 is 0. The molecule has 0 amide bonds. The van der Waals surface area contributed by atoms with Crippen molar-refractivity contribution in [2.75, 3.05) is 0 Å². The molecule has 0 unspecified atom stereocenters. The second kappa shape index (κ2) is 6.16. The molecular formula is C14H20O4. The van der Waals surface area contributed by atoms with Crippen LogP contribution in [-0.4, -0.2) is 35.5 Å². The molecule has 4 atom stereocenters. The predicted octanol–water partition coefficient (Wildman–Crippen LogP) is 1.73. The van der Waals surface area contributed by atoms with E-state index in [9.17, 15) is 9.90 Å². The maximum absolute atomic E-state index is 11.7. The summed E-state index contributed by atoms with van der Waals surface area (Å²) in [5.74, 6) is -0.301. The van der Waals surface area contributed by atoms with Crippen LogP contribution in [0.1, 0.15) is 32.6 Å². The van der Waals surface area contributed by atoms with Crippen molar-refractivity contribution in [3.05, 3.63) is 24.3 Å². The van der Waals surface area contributed by atoms with E-state index in [4.69, 9.17) is 9.47 Å². The van der Waals surface area contributed by atoms with Gasteiger partial charge in [0.2, 0.25) is 0 Å². The summed E-state index contributed by atoms with van der Waals surface area (Å²) in [5.41, 5.74) is 0. The molecule has 2 rings (SSSR count). The molecule has 0 aromatic heterocycles. The van der Waals surface area contributed by atoms with Gasteiger partial charge in [0.25, 0.3) is 0 Å². The average Bonchev–Trinajstić information content (AvgIpc) is 2.31. The third kappa shape index (κ3) is 3.68. The van der Waals surface area contributed by atoms with Crippen molar-refractivity contribution in [2.24, 2.45) is 0 Å². The van der Waals surface area contributed by atoms with Gasteiger partial charge in [0.05, 0.1) is 30.8 Å². The molecule has 2 aliphatic rings. The van der Waals surface area contributed by atoms with Crippen LogP contribution in [0.4, 0.5) is 0 Å². The largest absolute Gasteiger partial charge is 0.463 e. The summed E-state index contributed by atoms with van der Waals surface area (Å²) < 4.78 is 10.9. The Morgan fingerprint density at radius 3 is 3.00 bits per heavy atom. The van der Waals surface area contributed by atoms with E-state index >= 15 is 0 Å². The van der Waals surface area contributed by atoms with Crippen molar-refractivity contribution in [3.63, 3.8) is 0 Å². The van der Waals surface area contributed by atoms with Crippen molar-refractivity contribution in [1.82, 2.24) is 0 Å². The van der Waals surface area contributed by atoms with Crippen LogP contribution in [-0.2, 0) is 14.3 Å². The van der Waals surface area contributed by atoms with E-state index in [1.807, 2.05) is 19.1 Å². The lowest BCUT2D eigenvalue weighted by Gasteiger charge is -2.28. The summed E-state index contributed by atoms with van der Waals surface area (Å²) in [4.78, 5) is 11.7. The molecule has 0 aliphatic carbocycles. The smallest absolute Gasteiger partial charge is 0.308 e. The molecule has 1 N–H and O–H groups in total. The number of fused-ring (bicyclic) bond motifs is 2. The maximum Gasteiger partial charge on any atom is 0.308 e. The fourth-order valence-electron chi connectivity index (χ4n) is 2.20. The Morgan fingerprint density at radius 1 is 1.33 bits per heavy atom. The average molecular weight is 252 g/mol. The number of cyclic esters (lactones) is 1. The lowest BCUT2D eigenvalue weighted by Crippen LogP contribution is -2.37. The fourth-order valence-corrected chi connectivity index (χ4v) is 2.20. The highest BCUT2D eigenvalue weighted by atomic mass is 16.5. The molecule has 0 saturated carbocycles. The number of hydrogen-bond donors (Lipinski definition) is 1. The fraction of sp³-hybridized carbons (Fsp3) is 0.643. The van der Waals surface area contributed by atoms with Crippen molar-refractivity contribution >= 4 is 5.97 Å². The van der Waals surface area contributed by atoms with Crippen molar-refractivity contribution in [3.8, 4) is 0 Å². The number of ether oxygens (including phenoxy) is 2. The van der Waals surface area contributed by atoms with Crippen LogP contribution in [0.15, 0.2) is 24.3 Å². The number of carbonyl (C=O) groups excluding carboxylic acids is 1. The minimum absolute atomic E-state index is 0.0719. The summed E-state index contributed by atoms with van der Waals surface area (Å²) in [7, 11) is 0. The highest BCUT2D eigenvalue weighted by molar-refractivity contribution is 5.70. The lowest BCUT2D eigenvalue weighted by molar-refractivity contribution is -0.154. The van der Waals surface area contributed by atoms with Crippen LogP contribution in [0.25, 0.3) is 0 Å². The molecule has 2 bridgehead atoms. The van der Waals surface area contributed by atoms with Gasteiger partial charge in [-0.15, -0.1) is 0 Å². The minimum Gasteiger partial charge on any atom is -0.463 e. The van der Waals surface area contributed by atoms with Crippen LogP contribution in [0.5, 0.6) is 0 Å². The van der Waals surface area contributed by atoms with Crippen molar-refractivity contribution < 1.29 is 19.4 Å². The Labute approximate surface area is 107 Å². The van der Waals surface area contributed by atoms with Crippen LogP contribution in [0.3, 0.4) is 0 Å². The summed E-state index contributed by atoms with van der Waals surface area (Å²) in [6, 6.07) is 0. The molecule has 0 saturated heterocycles. The number of aliphatic hydroxyl groups excluding tert-OH is 1. The first kappa shape index (κ1) is 13.3. The van der Waals surface area contributed by atoms with E-state index in [0.29, 0.717) is 0 Å². The topological polar surface area (TPSA) is 55.8 Å². The molecule has 2 aliphatic heterocycles. The Morgan fingerprint density at radius 2 is 2.17 bits per heavy atom. The van der Waals surface area contributed by atoms with Gasteiger partial charge in [-0.2, -0.15) is 0 Å². The number of allylic oxidation sites excluding steroid dienone is 1. The number of aliphatic hydroxyl groups is 1. The first-order valence-electron chi connectivity index (χ1n) is 6.53. The minimum atomic E-state index is -0.736. The van der Waals surface area contributed by atoms with E-state index in [0.717, 1.165) is 19.3 Å².